The fraction of sp³-hybridized carbons (Fsp3) is 0.364. The number of nitrogens with zero attached hydrogens (tertiary/aromatic N) is 1. The van der Waals surface area contributed by atoms with E-state index in [-0.39, 0.29) is 7.43 Å². The third-order valence-corrected chi connectivity index (χ3v) is 1.57. The van der Waals surface area contributed by atoms with E-state index in [0.29, 0.717) is 0 Å². The largest absolute Gasteiger partial charge is 0.464 e. The van der Waals surface area contributed by atoms with E-state index in [4.69, 9.17) is 4.42 Å². The van der Waals surface area contributed by atoms with E-state index in [0.717, 1.165) is 16.5 Å². The minimum atomic E-state index is 0. The first-order chi connectivity index (χ1) is 5.88. The van der Waals surface area contributed by atoms with Crippen molar-refractivity contribution in [3.8, 4) is 0 Å². The van der Waals surface area contributed by atoms with Gasteiger partial charge in [0.1, 0.15) is 5.58 Å². The van der Waals surface area contributed by atoms with Crippen LogP contribution in [-0.2, 0) is 0 Å². The molecule has 0 radical (unpaired) electrons. The van der Waals surface area contributed by atoms with Crippen LogP contribution in [0.15, 0.2) is 29.1 Å². The minimum Gasteiger partial charge on any atom is -0.464 e. The number of rotatable bonds is 0. The molecule has 0 aliphatic carbocycles. The third-order valence-electron chi connectivity index (χ3n) is 1.57. The Morgan fingerprint density at radius 3 is 2.62 bits per heavy atom. The third kappa shape index (κ3) is 2.31. The molecule has 0 unspecified atom stereocenters. The van der Waals surface area contributed by atoms with Crippen LogP contribution in [0.2, 0.25) is 0 Å². The lowest BCUT2D eigenvalue weighted by Gasteiger charge is -1.84. The molecular weight excluding hydrogens is 162 g/mol. The monoisotopic (exact) mass is 179 g/mol. The summed E-state index contributed by atoms with van der Waals surface area (Å²) in [6, 6.07) is 1.86. The smallest absolute Gasteiger partial charge is 0.137 e. The molecule has 0 saturated heterocycles. The SMILES string of the molecule is C.CC.Cc1coc2ccncc12. The van der Waals surface area contributed by atoms with Gasteiger partial charge < -0.3 is 4.42 Å². The molecule has 2 heterocycles. The Bertz CT molecular complexity index is 352. The van der Waals surface area contributed by atoms with Gasteiger partial charge in [-0.2, -0.15) is 0 Å². The highest BCUT2D eigenvalue weighted by Gasteiger charge is 1.98. The van der Waals surface area contributed by atoms with Crippen LogP contribution in [0.3, 0.4) is 0 Å². The van der Waals surface area contributed by atoms with E-state index in [1.54, 1.807) is 12.5 Å². The highest BCUT2D eigenvalue weighted by Crippen LogP contribution is 2.17. The fourth-order valence-corrected chi connectivity index (χ4v) is 0.996. The summed E-state index contributed by atoms with van der Waals surface area (Å²) in [6.07, 6.45) is 5.28. The van der Waals surface area contributed by atoms with Gasteiger partial charge in [-0.1, -0.05) is 21.3 Å². The van der Waals surface area contributed by atoms with Crippen molar-refractivity contribution >= 4 is 11.0 Å². The standard InChI is InChI=1S/C8H7NO.C2H6.CH4/c1-6-5-10-8-2-3-9-4-7(6)8;1-2;/h2-5H,1H3;1-2H3;1H4. The van der Waals surface area contributed by atoms with Crippen molar-refractivity contribution in [1.82, 2.24) is 4.98 Å². The molecule has 0 amide bonds. The molecular formula is C11H17NO. The highest BCUT2D eigenvalue weighted by molar-refractivity contribution is 5.79. The van der Waals surface area contributed by atoms with E-state index in [9.17, 15) is 0 Å². The summed E-state index contributed by atoms with van der Waals surface area (Å²) < 4.78 is 5.21. The number of aryl methyl sites for hydroxylation is 1. The van der Waals surface area contributed by atoms with E-state index in [1.165, 1.54) is 0 Å². The van der Waals surface area contributed by atoms with Gasteiger partial charge in [-0.05, 0) is 18.6 Å². The van der Waals surface area contributed by atoms with Crippen LogP contribution in [0.25, 0.3) is 11.0 Å². The van der Waals surface area contributed by atoms with Gasteiger partial charge in [0.05, 0.1) is 6.26 Å². The van der Waals surface area contributed by atoms with Crippen LogP contribution >= 0.6 is 0 Å². The Labute approximate surface area is 79.6 Å². The molecule has 2 aromatic rings. The fourth-order valence-electron chi connectivity index (χ4n) is 0.996. The predicted octanol–water partition coefficient (Wildman–Crippen LogP) is 3.80. The zero-order valence-corrected chi connectivity index (χ0v) is 7.66. The van der Waals surface area contributed by atoms with Crippen LogP contribution in [0, 0.1) is 6.92 Å². The number of aromatic nitrogens is 1. The normalized spacial score (nSPS) is 8.54. The first kappa shape index (κ1) is 11.7. The van der Waals surface area contributed by atoms with Gasteiger partial charge in [-0.3, -0.25) is 4.98 Å². The Hall–Kier alpha value is -1.31. The van der Waals surface area contributed by atoms with Gasteiger partial charge >= 0.3 is 0 Å². The summed E-state index contributed by atoms with van der Waals surface area (Å²) >= 11 is 0. The molecule has 0 aliphatic rings. The first-order valence-corrected chi connectivity index (χ1v) is 4.16. The second-order valence-electron chi connectivity index (χ2n) is 2.29. The maximum Gasteiger partial charge on any atom is 0.137 e. The molecule has 0 aliphatic heterocycles. The average molecular weight is 179 g/mol. The lowest BCUT2D eigenvalue weighted by Crippen LogP contribution is -1.69. The molecule has 0 bridgehead atoms. The molecule has 0 fully saturated rings. The second-order valence-corrected chi connectivity index (χ2v) is 2.29. The van der Waals surface area contributed by atoms with Crippen LogP contribution in [0.4, 0.5) is 0 Å². The van der Waals surface area contributed by atoms with Crippen LogP contribution in [0.5, 0.6) is 0 Å². The Morgan fingerprint density at radius 2 is 2.00 bits per heavy atom. The highest BCUT2D eigenvalue weighted by atomic mass is 16.3. The quantitative estimate of drug-likeness (QED) is 0.614. The molecule has 2 aromatic heterocycles. The molecule has 0 saturated carbocycles. The predicted molar refractivity (Wildman–Crippen MR) is 56.8 cm³/mol. The molecule has 0 N–H and O–H groups in total. The van der Waals surface area contributed by atoms with Gasteiger partial charge in [0, 0.05) is 17.8 Å². The van der Waals surface area contributed by atoms with E-state index < -0.39 is 0 Å². The molecule has 13 heavy (non-hydrogen) atoms. The topological polar surface area (TPSA) is 26.0 Å². The van der Waals surface area contributed by atoms with Crippen molar-refractivity contribution in [3.05, 3.63) is 30.3 Å². The summed E-state index contributed by atoms with van der Waals surface area (Å²) in [7, 11) is 0. The average Bonchev–Trinajstić information content (AvgIpc) is 2.53. The lowest BCUT2D eigenvalue weighted by atomic mass is 10.2. The lowest BCUT2D eigenvalue weighted by molar-refractivity contribution is 0.613. The molecule has 0 atom stereocenters. The van der Waals surface area contributed by atoms with Crippen molar-refractivity contribution in [2.24, 2.45) is 0 Å². The van der Waals surface area contributed by atoms with Crippen molar-refractivity contribution in [1.29, 1.82) is 0 Å². The Morgan fingerprint density at radius 1 is 1.31 bits per heavy atom. The van der Waals surface area contributed by atoms with Crippen LogP contribution in [-0.4, -0.2) is 4.98 Å². The van der Waals surface area contributed by atoms with Crippen LogP contribution < -0.4 is 0 Å². The number of pyridine rings is 1. The number of hydrogen-bond acceptors (Lipinski definition) is 2. The zero-order chi connectivity index (χ0) is 8.97. The Balaban J connectivity index is 0.000000451. The van der Waals surface area contributed by atoms with Gasteiger partial charge in [0.15, 0.2) is 0 Å². The van der Waals surface area contributed by atoms with Crippen molar-refractivity contribution < 1.29 is 4.42 Å². The number of fused-ring (bicyclic) bond motifs is 1. The molecule has 2 heteroatoms. The van der Waals surface area contributed by atoms with Gasteiger partial charge in [-0.25, -0.2) is 0 Å². The number of hydrogen-bond donors (Lipinski definition) is 0. The molecule has 0 aromatic carbocycles. The summed E-state index contributed by atoms with van der Waals surface area (Å²) in [6.45, 7) is 6.01. The van der Waals surface area contributed by atoms with Gasteiger partial charge in [0.2, 0.25) is 0 Å². The van der Waals surface area contributed by atoms with Gasteiger partial charge in [-0.15, -0.1) is 0 Å². The number of furan rings is 1. The Kier molecular flexibility index (Phi) is 4.82. The molecule has 0 spiro atoms. The molecule has 2 rings (SSSR count). The minimum absolute atomic E-state index is 0. The summed E-state index contributed by atoms with van der Waals surface area (Å²) in [5, 5.41) is 1.10. The molecule has 2 nitrogen and oxygen atoms in total. The van der Waals surface area contributed by atoms with Gasteiger partial charge in [0.25, 0.3) is 0 Å². The zero-order valence-electron chi connectivity index (χ0n) is 7.66. The molecule has 72 valence electrons. The summed E-state index contributed by atoms with van der Waals surface area (Å²) in [5.41, 5.74) is 2.05. The summed E-state index contributed by atoms with van der Waals surface area (Å²) in [4.78, 5) is 3.99. The van der Waals surface area contributed by atoms with E-state index in [1.807, 2.05) is 33.0 Å². The first-order valence-electron chi connectivity index (χ1n) is 4.16. The van der Waals surface area contributed by atoms with Crippen LogP contribution in [0.1, 0.15) is 26.8 Å². The second kappa shape index (κ2) is 5.36. The van der Waals surface area contributed by atoms with Crippen molar-refractivity contribution in [2.45, 2.75) is 28.2 Å². The van der Waals surface area contributed by atoms with Crippen molar-refractivity contribution in [3.63, 3.8) is 0 Å². The maximum absolute atomic E-state index is 5.21. The maximum atomic E-state index is 5.21. The summed E-state index contributed by atoms with van der Waals surface area (Å²) in [5.74, 6) is 0. The van der Waals surface area contributed by atoms with E-state index >= 15 is 0 Å². The van der Waals surface area contributed by atoms with E-state index in [2.05, 4.69) is 4.98 Å². The van der Waals surface area contributed by atoms with Crippen molar-refractivity contribution in [2.75, 3.05) is 0 Å².